The molecule has 0 nitrogen and oxygen atoms in total. The summed E-state index contributed by atoms with van der Waals surface area (Å²) in [6.07, 6.45) is 8.26. The summed E-state index contributed by atoms with van der Waals surface area (Å²) >= 11 is 2.43. The van der Waals surface area contributed by atoms with Crippen LogP contribution in [0.1, 0.15) is 32.6 Å². The van der Waals surface area contributed by atoms with E-state index in [1.54, 1.807) is 5.57 Å². The largest absolute Gasteiger partial charge is 0.0817 e. The summed E-state index contributed by atoms with van der Waals surface area (Å²) in [7, 11) is 0. The van der Waals surface area contributed by atoms with Crippen LogP contribution in [0.25, 0.3) is 0 Å². The molecule has 1 rings (SSSR count). The molecule has 1 aliphatic rings. The zero-order valence-electron chi connectivity index (χ0n) is 6.57. The molecule has 0 spiro atoms. The molecule has 1 saturated carbocycles. The van der Waals surface area contributed by atoms with E-state index < -0.39 is 0 Å². The molecule has 0 unspecified atom stereocenters. The minimum absolute atomic E-state index is 0.926. The average Bonchev–Trinajstić information content (AvgIpc) is 2.40. The SMILES string of the molecule is CC(=CC1CCCC1)CI. The highest BCUT2D eigenvalue weighted by molar-refractivity contribution is 14.1. The lowest BCUT2D eigenvalue weighted by atomic mass is 10.1. The van der Waals surface area contributed by atoms with Crippen LogP contribution in [0, 0.1) is 5.92 Å². The van der Waals surface area contributed by atoms with Gasteiger partial charge in [0.05, 0.1) is 0 Å². The first kappa shape index (κ1) is 8.57. The standard InChI is InChI=1S/C9H15I/c1-8(7-10)6-9-4-2-3-5-9/h6,9H,2-5,7H2,1H3. The van der Waals surface area contributed by atoms with Gasteiger partial charge >= 0.3 is 0 Å². The number of rotatable bonds is 2. The lowest BCUT2D eigenvalue weighted by molar-refractivity contribution is 0.681. The molecule has 0 aliphatic heterocycles. The van der Waals surface area contributed by atoms with Crippen molar-refractivity contribution in [3.8, 4) is 0 Å². The van der Waals surface area contributed by atoms with E-state index in [0.717, 1.165) is 5.92 Å². The monoisotopic (exact) mass is 250 g/mol. The molecule has 0 heterocycles. The van der Waals surface area contributed by atoms with Crippen molar-refractivity contribution in [2.45, 2.75) is 32.6 Å². The fourth-order valence-electron chi connectivity index (χ4n) is 1.57. The lowest BCUT2D eigenvalue weighted by Crippen LogP contribution is -1.88. The van der Waals surface area contributed by atoms with Gasteiger partial charge in [-0.2, -0.15) is 0 Å². The summed E-state index contributed by atoms with van der Waals surface area (Å²) in [5, 5.41) is 0. The first-order valence-corrected chi connectivity index (χ1v) is 5.58. The van der Waals surface area contributed by atoms with E-state index in [0.29, 0.717) is 0 Å². The molecule has 0 amide bonds. The first-order chi connectivity index (χ1) is 4.83. The van der Waals surface area contributed by atoms with Gasteiger partial charge in [0.1, 0.15) is 0 Å². The number of hydrogen-bond donors (Lipinski definition) is 0. The van der Waals surface area contributed by atoms with Gasteiger partial charge in [-0.15, -0.1) is 0 Å². The zero-order chi connectivity index (χ0) is 7.40. The van der Waals surface area contributed by atoms with Crippen LogP contribution in [0.2, 0.25) is 0 Å². The van der Waals surface area contributed by atoms with Crippen molar-refractivity contribution in [1.82, 2.24) is 0 Å². The molecular formula is C9H15I. The predicted octanol–water partition coefficient (Wildman–Crippen LogP) is 3.56. The predicted molar refractivity (Wildman–Crippen MR) is 54.6 cm³/mol. The van der Waals surface area contributed by atoms with Crippen molar-refractivity contribution >= 4 is 22.6 Å². The molecule has 0 aromatic heterocycles. The Morgan fingerprint density at radius 1 is 1.50 bits per heavy atom. The maximum Gasteiger partial charge on any atom is 0.0203 e. The summed E-state index contributed by atoms with van der Waals surface area (Å²) in [5.74, 6) is 0.926. The number of allylic oxidation sites excluding steroid dienone is 2. The van der Waals surface area contributed by atoms with Crippen LogP contribution in [-0.4, -0.2) is 4.43 Å². The van der Waals surface area contributed by atoms with Crippen LogP contribution in [0.5, 0.6) is 0 Å². The van der Waals surface area contributed by atoms with Crippen LogP contribution in [0.3, 0.4) is 0 Å². The van der Waals surface area contributed by atoms with Crippen molar-refractivity contribution in [3.63, 3.8) is 0 Å². The van der Waals surface area contributed by atoms with Crippen LogP contribution in [-0.2, 0) is 0 Å². The second kappa shape index (κ2) is 4.37. The van der Waals surface area contributed by atoms with Gasteiger partial charge in [0.25, 0.3) is 0 Å². The van der Waals surface area contributed by atoms with Crippen LogP contribution in [0.4, 0.5) is 0 Å². The Balaban J connectivity index is 2.34. The quantitative estimate of drug-likeness (QED) is 0.399. The number of alkyl halides is 1. The van der Waals surface area contributed by atoms with Gasteiger partial charge in [0.15, 0.2) is 0 Å². The van der Waals surface area contributed by atoms with Crippen molar-refractivity contribution < 1.29 is 0 Å². The third-order valence-corrected chi connectivity index (χ3v) is 3.33. The van der Waals surface area contributed by atoms with E-state index in [1.807, 2.05) is 0 Å². The Kier molecular flexibility index (Phi) is 3.74. The van der Waals surface area contributed by atoms with Gasteiger partial charge in [-0.25, -0.2) is 0 Å². The Hall–Kier alpha value is 0.470. The Labute approximate surface area is 77.2 Å². The summed E-state index contributed by atoms with van der Waals surface area (Å²) in [6, 6.07) is 0. The van der Waals surface area contributed by atoms with Gasteiger partial charge in [-0.3, -0.25) is 0 Å². The maximum absolute atomic E-state index is 2.47. The third-order valence-electron chi connectivity index (χ3n) is 2.13. The molecule has 0 aromatic carbocycles. The fraction of sp³-hybridized carbons (Fsp3) is 0.778. The van der Waals surface area contributed by atoms with Crippen LogP contribution in [0.15, 0.2) is 11.6 Å². The second-order valence-corrected chi connectivity index (χ2v) is 3.95. The number of hydrogen-bond acceptors (Lipinski definition) is 0. The molecule has 10 heavy (non-hydrogen) atoms. The molecule has 58 valence electrons. The second-order valence-electron chi connectivity index (χ2n) is 3.19. The Bertz CT molecular complexity index is 121. The highest BCUT2D eigenvalue weighted by atomic mass is 127. The number of halogens is 1. The van der Waals surface area contributed by atoms with Crippen molar-refractivity contribution in [1.29, 1.82) is 0 Å². The molecular weight excluding hydrogens is 235 g/mol. The highest BCUT2D eigenvalue weighted by Crippen LogP contribution is 2.26. The van der Waals surface area contributed by atoms with Gasteiger partial charge < -0.3 is 0 Å². The van der Waals surface area contributed by atoms with Crippen molar-refractivity contribution in [2.24, 2.45) is 5.92 Å². The minimum Gasteiger partial charge on any atom is -0.0817 e. The van der Waals surface area contributed by atoms with E-state index in [4.69, 9.17) is 0 Å². The van der Waals surface area contributed by atoms with Crippen molar-refractivity contribution in [3.05, 3.63) is 11.6 Å². The molecule has 0 bridgehead atoms. The molecule has 0 radical (unpaired) electrons. The molecule has 0 atom stereocenters. The van der Waals surface area contributed by atoms with Crippen molar-refractivity contribution in [2.75, 3.05) is 4.43 Å². The maximum atomic E-state index is 2.47. The smallest absolute Gasteiger partial charge is 0.0203 e. The topological polar surface area (TPSA) is 0 Å². The Morgan fingerprint density at radius 2 is 2.10 bits per heavy atom. The first-order valence-electron chi connectivity index (χ1n) is 4.06. The summed E-state index contributed by atoms with van der Waals surface area (Å²) in [6.45, 7) is 2.24. The van der Waals surface area contributed by atoms with E-state index in [1.165, 1.54) is 30.1 Å². The lowest BCUT2D eigenvalue weighted by Gasteiger charge is -2.02. The van der Waals surface area contributed by atoms with Gasteiger partial charge in [-0.05, 0) is 25.7 Å². The van der Waals surface area contributed by atoms with E-state index in [2.05, 4.69) is 35.6 Å². The molecule has 1 fully saturated rings. The van der Waals surface area contributed by atoms with Crippen LogP contribution >= 0.6 is 22.6 Å². The van der Waals surface area contributed by atoms with E-state index in [9.17, 15) is 0 Å². The van der Waals surface area contributed by atoms with Gasteiger partial charge in [0, 0.05) is 4.43 Å². The molecule has 1 heteroatoms. The van der Waals surface area contributed by atoms with Crippen LogP contribution < -0.4 is 0 Å². The summed E-state index contributed by atoms with van der Waals surface area (Å²) < 4.78 is 1.20. The third kappa shape index (κ3) is 2.60. The van der Waals surface area contributed by atoms with E-state index in [-0.39, 0.29) is 0 Å². The molecule has 0 aromatic rings. The molecule has 0 N–H and O–H groups in total. The zero-order valence-corrected chi connectivity index (χ0v) is 8.73. The molecule has 0 saturated heterocycles. The van der Waals surface area contributed by atoms with Gasteiger partial charge in [0.2, 0.25) is 0 Å². The van der Waals surface area contributed by atoms with E-state index >= 15 is 0 Å². The normalized spacial score (nSPS) is 22.0. The summed E-state index contributed by atoms with van der Waals surface area (Å²) in [4.78, 5) is 0. The van der Waals surface area contributed by atoms with Gasteiger partial charge in [-0.1, -0.05) is 47.1 Å². The molecule has 1 aliphatic carbocycles. The highest BCUT2D eigenvalue weighted by Gasteiger charge is 2.11. The fourth-order valence-corrected chi connectivity index (χ4v) is 1.83. The Morgan fingerprint density at radius 3 is 2.60 bits per heavy atom. The average molecular weight is 250 g/mol. The summed E-state index contributed by atoms with van der Waals surface area (Å²) in [5.41, 5.74) is 1.56. The minimum atomic E-state index is 0.926.